The summed E-state index contributed by atoms with van der Waals surface area (Å²) in [5.41, 5.74) is 5.27. The number of hydrogen-bond acceptors (Lipinski definition) is 0. The first-order chi connectivity index (χ1) is 7.72. The van der Waals surface area contributed by atoms with E-state index in [1.165, 1.54) is 22.3 Å². The first-order valence-corrected chi connectivity index (χ1v) is 6.43. The Kier molecular flexibility index (Phi) is 5.43. The fraction of sp³-hybridized carbons (Fsp3) is 0.467. The Morgan fingerprint density at radius 3 is 2.12 bits per heavy atom. The van der Waals surface area contributed by atoms with Crippen molar-refractivity contribution < 1.29 is 0 Å². The lowest BCUT2D eigenvalue weighted by molar-refractivity contribution is 1.06. The van der Waals surface area contributed by atoms with Crippen LogP contribution in [0.1, 0.15) is 42.5 Å². The average Bonchev–Trinajstić information content (AvgIpc) is 2.30. The summed E-state index contributed by atoms with van der Waals surface area (Å²) < 4.78 is 0. The molecule has 0 nitrogen and oxygen atoms in total. The lowest BCUT2D eigenvalue weighted by atomic mass is 9.95. The molecule has 1 aromatic rings. The van der Waals surface area contributed by atoms with Gasteiger partial charge in [-0.3, -0.25) is 0 Å². The summed E-state index contributed by atoms with van der Waals surface area (Å²) in [5.74, 6) is 7.03. The number of halogens is 1. The zero-order valence-corrected chi connectivity index (χ0v) is 11.1. The van der Waals surface area contributed by atoms with E-state index in [-0.39, 0.29) is 0 Å². The van der Waals surface area contributed by atoms with Gasteiger partial charge in [-0.25, -0.2) is 0 Å². The van der Waals surface area contributed by atoms with Crippen molar-refractivity contribution in [2.75, 3.05) is 5.88 Å². The van der Waals surface area contributed by atoms with E-state index >= 15 is 0 Å². The summed E-state index contributed by atoms with van der Waals surface area (Å²) in [6.07, 6.45) is 2.85. The van der Waals surface area contributed by atoms with Crippen molar-refractivity contribution in [2.24, 2.45) is 0 Å². The molecule has 0 bridgehead atoms. The number of benzene rings is 1. The Morgan fingerprint density at radius 1 is 1.12 bits per heavy atom. The highest BCUT2D eigenvalue weighted by Gasteiger charge is 2.04. The quantitative estimate of drug-likeness (QED) is 0.546. The van der Waals surface area contributed by atoms with Crippen LogP contribution in [0.15, 0.2) is 12.1 Å². The number of rotatable bonds is 3. The van der Waals surface area contributed by atoms with Gasteiger partial charge in [-0.15, -0.1) is 11.6 Å². The molecule has 0 atom stereocenters. The highest BCUT2D eigenvalue weighted by molar-refractivity contribution is 6.18. The Balaban J connectivity index is 3.18. The second-order valence-electron chi connectivity index (χ2n) is 3.91. The fourth-order valence-electron chi connectivity index (χ4n) is 1.86. The lowest BCUT2D eigenvalue weighted by Crippen LogP contribution is -1.96. The first kappa shape index (κ1) is 13.1. The van der Waals surface area contributed by atoms with Gasteiger partial charge >= 0.3 is 0 Å². The van der Waals surface area contributed by atoms with Crippen molar-refractivity contribution >= 4 is 11.6 Å². The van der Waals surface area contributed by atoms with Gasteiger partial charge in [0.25, 0.3) is 0 Å². The molecule has 1 heteroatoms. The minimum absolute atomic E-state index is 0.613. The van der Waals surface area contributed by atoms with E-state index < -0.39 is 0 Å². The summed E-state index contributed by atoms with van der Waals surface area (Å²) in [5, 5.41) is 0. The fourth-order valence-corrected chi connectivity index (χ4v) is 1.95. The van der Waals surface area contributed by atoms with E-state index in [2.05, 4.69) is 44.7 Å². The molecule has 0 saturated heterocycles. The molecule has 0 aliphatic rings. The van der Waals surface area contributed by atoms with Crippen LogP contribution in [0, 0.1) is 18.8 Å². The topological polar surface area (TPSA) is 0 Å². The largest absolute Gasteiger partial charge is 0.126 e. The molecule has 0 fully saturated rings. The minimum Gasteiger partial charge on any atom is -0.126 e. The smallest absolute Gasteiger partial charge is 0.0333 e. The monoisotopic (exact) mass is 234 g/mol. The van der Waals surface area contributed by atoms with Crippen molar-refractivity contribution in [1.82, 2.24) is 0 Å². The van der Waals surface area contributed by atoms with Crippen LogP contribution in [0.5, 0.6) is 0 Å². The maximum atomic E-state index is 5.64. The maximum Gasteiger partial charge on any atom is 0.0333 e. The van der Waals surface area contributed by atoms with Crippen LogP contribution in [0.2, 0.25) is 0 Å². The molecule has 0 unspecified atom stereocenters. The third kappa shape index (κ3) is 3.29. The molecule has 0 amide bonds. The van der Waals surface area contributed by atoms with Crippen LogP contribution < -0.4 is 0 Å². The first-order valence-electron chi connectivity index (χ1n) is 5.90. The predicted octanol–water partition coefficient (Wildman–Crippen LogP) is 4.10. The SMILES string of the molecule is CCc1cc(C)cc(CC)c1C#CCCCl. The minimum atomic E-state index is 0.613. The van der Waals surface area contributed by atoms with Crippen molar-refractivity contribution in [3.8, 4) is 11.8 Å². The van der Waals surface area contributed by atoms with E-state index in [0.29, 0.717) is 5.88 Å². The van der Waals surface area contributed by atoms with Crippen molar-refractivity contribution in [1.29, 1.82) is 0 Å². The molecule has 0 heterocycles. The summed E-state index contributed by atoms with van der Waals surface area (Å²) >= 11 is 5.64. The van der Waals surface area contributed by atoms with E-state index in [1.807, 2.05) is 0 Å². The van der Waals surface area contributed by atoms with Gasteiger partial charge in [-0.05, 0) is 30.9 Å². The van der Waals surface area contributed by atoms with Gasteiger partial charge in [-0.1, -0.05) is 43.4 Å². The predicted molar refractivity (Wildman–Crippen MR) is 72.2 cm³/mol. The van der Waals surface area contributed by atoms with Crippen LogP contribution in [-0.2, 0) is 12.8 Å². The number of alkyl halides is 1. The molecule has 0 radical (unpaired) electrons. The Bertz CT molecular complexity index is 382. The molecule has 0 saturated carbocycles. The Hall–Kier alpha value is -0.930. The van der Waals surface area contributed by atoms with E-state index in [9.17, 15) is 0 Å². The zero-order valence-electron chi connectivity index (χ0n) is 10.4. The second-order valence-corrected chi connectivity index (χ2v) is 4.28. The van der Waals surface area contributed by atoms with Gasteiger partial charge in [0.15, 0.2) is 0 Å². The molecule has 86 valence electrons. The Labute approximate surface area is 104 Å². The zero-order chi connectivity index (χ0) is 12.0. The summed E-state index contributed by atoms with van der Waals surface area (Å²) in [4.78, 5) is 0. The van der Waals surface area contributed by atoms with Gasteiger partial charge in [0.1, 0.15) is 0 Å². The van der Waals surface area contributed by atoms with Crippen molar-refractivity contribution in [2.45, 2.75) is 40.0 Å². The summed E-state index contributed by atoms with van der Waals surface area (Å²) in [6.45, 7) is 6.51. The standard InChI is InChI=1S/C15H19Cl/c1-4-13-10-12(3)11-14(5-2)15(13)8-6-7-9-16/h10-11H,4-5,7,9H2,1-3H3. The molecule has 0 aliphatic heterocycles. The maximum absolute atomic E-state index is 5.64. The van der Waals surface area contributed by atoms with Crippen molar-refractivity contribution in [3.05, 3.63) is 34.4 Å². The van der Waals surface area contributed by atoms with Crippen LogP contribution >= 0.6 is 11.6 Å². The van der Waals surface area contributed by atoms with Crippen molar-refractivity contribution in [3.63, 3.8) is 0 Å². The molecule has 0 N–H and O–H groups in total. The van der Waals surface area contributed by atoms with E-state index in [1.54, 1.807) is 0 Å². The van der Waals surface area contributed by atoms with Gasteiger partial charge in [0.05, 0.1) is 0 Å². The molecule has 0 aliphatic carbocycles. The summed E-state index contributed by atoms with van der Waals surface area (Å²) in [7, 11) is 0. The highest BCUT2D eigenvalue weighted by atomic mass is 35.5. The van der Waals surface area contributed by atoms with Gasteiger partial charge in [0, 0.05) is 17.9 Å². The molecule has 1 aromatic carbocycles. The molecular formula is C15H19Cl. The van der Waals surface area contributed by atoms with Crippen LogP contribution in [0.3, 0.4) is 0 Å². The highest BCUT2D eigenvalue weighted by Crippen LogP contribution is 2.18. The van der Waals surface area contributed by atoms with Gasteiger partial charge in [-0.2, -0.15) is 0 Å². The van der Waals surface area contributed by atoms with Crippen LogP contribution in [-0.4, -0.2) is 5.88 Å². The Morgan fingerprint density at radius 2 is 1.69 bits per heavy atom. The van der Waals surface area contributed by atoms with Crippen LogP contribution in [0.25, 0.3) is 0 Å². The van der Waals surface area contributed by atoms with E-state index in [0.717, 1.165) is 19.3 Å². The lowest BCUT2D eigenvalue weighted by Gasteiger charge is -2.09. The number of aryl methyl sites for hydroxylation is 3. The molecular weight excluding hydrogens is 216 g/mol. The number of hydrogen-bond donors (Lipinski definition) is 0. The normalized spacial score (nSPS) is 9.75. The van der Waals surface area contributed by atoms with Crippen LogP contribution in [0.4, 0.5) is 0 Å². The summed E-state index contributed by atoms with van der Waals surface area (Å²) in [6, 6.07) is 4.48. The second kappa shape index (κ2) is 6.61. The molecule has 0 aromatic heterocycles. The molecule has 16 heavy (non-hydrogen) atoms. The van der Waals surface area contributed by atoms with Gasteiger partial charge in [0.2, 0.25) is 0 Å². The van der Waals surface area contributed by atoms with E-state index in [4.69, 9.17) is 11.6 Å². The molecule has 0 spiro atoms. The molecule has 1 rings (SSSR count). The third-order valence-electron chi connectivity index (χ3n) is 2.64. The average molecular weight is 235 g/mol. The third-order valence-corrected chi connectivity index (χ3v) is 2.83. The van der Waals surface area contributed by atoms with Gasteiger partial charge < -0.3 is 0 Å².